The standard InChI is InChI=1S/C42H54O15/c1-27(33(54-29(3)43)28(2)26-30-18-12-10-13-19-30)23-24-40-34(45)35(42(57-40,39(50)51)41(52,38(48)49)36(56-40)37(46)47)55-32(44)22-16-8-6-4-5-7-9-17-25-53-31-20-14-11-15-21-31/h10-15,18-21,28,33-36,45,52H,1,4-9,16-17,22-26H2,2-3H3,(H,46,47)(H,48,49)(H,50,51)/t28?,33?,34-,35-,36-,40-,41-,42-/m1/s1. The van der Waals surface area contributed by atoms with Crippen molar-refractivity contribution < 1.29 is 73.2 Å². The molecule has 5 N–H and O–H groups in total. The maximum atomic E-state index is 13.2. The monoisotopic (exact) mass is 798 g/mol. The van der Waals surface area contributed by atoms with Crippen LogP contribution < -0.4 is 4.74 Å². The van der Waals surface area contributed by atoms with Gasteiger partial charge >= 0.3 is 29.8 Å². The van der Waals surface area contributed by atoms with Crippen LogP contribution in [-0.4, -0.2) is 103 Å². The van der Waals surface area contributed by atoms with Crippen LogP contribution in [-0.2, 0) is 49.3 Å². The zero-order valence-electron chi connectivity index (χ0n) is 32.4. The maximum absolute atomic E-state index is 13.2. The summed E-state index contributed by atoms with van der Waals surface area (Å²) in [4.78, 5) is 63.4. The Kier molecular flexibility index (Phi) is 15.8. The first kappa shape index (κ1) is 44.9. The average Bonchev–Trinajstić information content (AvgIpc) is 3.38. The van der Waals surface area contributed by atoms with Crippen molar-refractivity contribution in [3.05, 3.63) is 78.4 Å². The molecule has 57 heavy (non-hydrogen) atoms. The number of fused-ring (bicyclic) bond motifs is 2. The fraction of sp³-hybridized carbons (Fsp3) is 0.548. The molecule has 2 unspecified atom stereocenters. The second-order valence-corrected chi connectivity index (χ2v) is 14.8. The molecule has 0 saturated carbocycles. The molecule has 4 rings (SSSR count). The number of aliphatic hydroxyl groups excluding tert-OH is 1. The lowest BCUT2D eigenvalue weighted by molar-refractivity contribution is -0.374. The van der Waals surface area contributed by atoms with Crippen LogP contribution in [0.15, 0.2) is 72.8 Å². The number of aliphatic hydroxyl groups is 2. The highest BCUT2D eigenvalue weighted by atomic mass is 16.8. The molecule has 8 atom stereocenters. The summed E-state index contributed by atoms with van der Waals surface area (Å²) in [5.41, 5.74) is -6.22. The largest absolute Gasteiger partial charge is 0.494 e. The fourth-order valence-corrected chi connectivity index (χ4v) is 7.64. The summed E-state index contributed by atoms with van der Waals surface area (Å²) in [7, 11) is 0. The Balaban J connectivity index is 1.42. The Labute approximate surface area is 331 Å². The van der Waals surface area contributed by atoms with E-state index >= 15 is 0 Å². The number of carbonyl (C=O) groups excluding carboxylic acids is 2. The van der Waals surface area contributed by atoms with E-state index < -0.39 is 77.7 Å². The lowest BCUT2D eigenvalue weighted by atomic mass is 9.74. The first-order valence-electron chi connectivity index (χ1n) is 19.3. The molecule has 0 amide bonds. The van der Waals surface area contributed by atoms with Crippen molar-refractivity contribution in [3.8, 4) is 5.75 Å². The van der Waals surface area contributed by atoms with Gasteiger partial charge in [0.1, 0.15) is 18.0 Å². The molecule has 0 aromatic heterocycles. The second-order valence-electron chi connectivity index (χ2n) is 14.8. The van der Waals surface area contributed by atoms with E-state index in [0.29, 0.717) is 25.9 Å². The molecule has 2 aliphatic heterocycles. The van der Waals surface area contributed by atoms with Crippen molar-refractivity contribution in [1.82, 2.24) is 0 Å². The van der Waals surface area contributed by atoms with E-state index in [-0.39, 0.29) is 24.3 Å². The van der Waals surface area contributed by atoms with Crippen molar-refractivity contribution in [2.24, 2.45) is 5.92 Å². The molecule has 0 aliphatic carbocycles. The van der Waals surface area contributed by atoms with Gasteiger partial charge in [0.25, 0.3) is 0 Å². The highest BCUT2D eigenvalue weighted by Crippen LogP contribution is 2.56. The fourth-order valence-electron chi connectivity index (χ4n) is 7.64. The molecule has 2 heterocycles. The van der Waals surface area contributed by atoms with Gasteiger partial charge < -0.3 is 49.2 Å². The van der Waals surface area contributed by atoms with Gasteiger partial charge in [-0.2, -0.15) is 0 Å². The van der Waals surface area contributed by atoms with Crippen molar-refractivity contribution in [2.45, 2.75) is 132 Å². The summed E-state index contributed by atoms with van der Waals surface area (Å²) >= 11 is 0. The molecule has 2 aliphatic rings. The maximum Gasteiger partial charge on any atom is 0.344 e. The number of ether oxygens (including phenoxy) is 5. The minimum Gasteiger partial charge on any atom is -0.494 e. The Morgan fingerprint density at radius 1 is 0.825 bits per heavy atom. The third-order valence-corrected chi connectivity index (χ3v) is 10.6. The van der Waals surface area contributed by atoms with E-state index in [1.165, 1.54) is 6.92 Å². The summed E-state index contributed by atoms with van der Waals surface area (Å²) in [6.45, 7) is 7.69. The number of rotatable bonds is 24. The highest BCUT2D eigenvalue weighted by molar-refractivity contribution is 5.98. The smallest absolute Gasteiger partial charge is 0.344 e. The van der Waals surface area contributed by atoms with E-state index in [2.05, 4.69) is 6.58 Å². The predicted octanol–water partition coefficient (Wildman–Crippen LogP) is 4.84. The van der Waals surface area contributed by atoms with Crippen LogP contribution in [0.3, 0.4) is 0 Å². The van der Waals surface area contributed by atoms with Gasteiger partial charge in [-0.25, -0.2) is 14.4 Å². The molecule has 15 heteroatoms. The van der Waals surface area contributed by atoms with Crippen molar-refractivity contribution in [1.29, 1.82) is 0 Å². The minimum absolute atomic E-state index is 0.232. The number of aliphatic carboxylic acids is 3. The molecule has 0 radical (unpaired) electrons. The van der Waals surface area contributed by atoms with Crippen LogP contribution in [0.25, 0.3) is 0 Å². The number of para-hydroxylation sites is 1. The van der Waals surface area contributed by atoms with Crippen LogP contribution in [0, 0.1) is 5.92 Å². The van der Waals surface area contributed by atoms with Gasteiger partial charge in [-0.1, -0.05) is 101 Å². The number of benzene rings is 2. The van der Waals surface area contributed by atoms with Gasteiger partial charge in [-0.05, 0) is 49.0 Å². The van der Waals surface area contributed by atoms with E-state index in [1.54, 1.807) is 0 Å². The van der Waals surface area contributed by atoms with E-state index in [0.717, 1.165) is 49.8 Å². The Morgan fingerprint density at radius 2 is 1.40 bits per heavy atom. The number of carbonyl (C=O) groups is 5. The number of unbranched alkanes of at least 4 members (excludes halogenated alkanes) is 7. The molecule has 2 fully saturated rings. The van der Waals surface area contributed by atoms with Crippen LogP contribution in [0.4, 0.5) is 0 Å². The van der Waals surface area contributed by atoms with E-state index in [9.17, 15) is 49.5 Å². The van der Waals surface area contributed by atoms with Gasteiger partial charge in [-0.3, -0.25) is 9.59 Å². The third kappa shape index (κ3) is 10.4. The molecule has 2 aromatic carbocycles. The van der Waals surface area contributed by atoms with Gasteiger partial charge in [0.05, 0.1) is 6.61 Å². The summed E-state index contributed by atoms with van der Waals surface area (Å²) < 4.78 is 28.0. The van der Waals surface area contributed by atoms with E-state index in [1.807, 2.05) is 67.6 Å². The molecular weight excluding hydrogens is 744 g/mol. The lowest BCUT2D eigenvalue weighted by Gasteiger charge is -2.48. The zero-order chi connectivity index (χ0) is 41.8. The van der Waals surface area contributed by atoms with Crippen molar-refractivity contribution in [2.75, 3.05) is 6.61 Å². The molecular formula is C42H54O15. The summed E-state index contributed by atoms with van der Waals surface area (Å²) in [6, 6.07) is 18.9. The van der Waals surface area contributed by atoms with Crippen LogP contribution in [0.2, 0.25) is 0 Å². The van der Waals surface area contributed by atoms with Crippen molar-refractivity contribution in [3.63, 3.8) is 0 Å². The second kappa shape index (κ2) is 20.0. The first-order chi connectivity index (χ1) is 27.1. The van der Waals surface area contributed by atoms with Gasteiger partial charge in [-0.15, -0.1) is 0 Å². The summed E-state index contributed by atoms with van der Waals surface area (Å²) in [6.07, 6.45) is -2.50. The summed E-state index contributed by atoms with van der Waals surface area (Å²) in [5, 5.41) is 53.9. The minimum atomic E-state index is -3.88. The Bertz CT molecular complexity index is 1700. The number of carboxylic acids is 3. The highest BCUT2D eigenvalue weighted by Gasteiger charge is 2.85. The summed E-state index contributed by atoms with van der Waals surface area (Å²) in [5.74, 6) is -10.4. The number of esters is 2. The Hall–Kier alpha value is -4.83. The van der Waals surface area contributed by atoms with Crippen LogP contribution in [0.5, 0.6) is 5.75 Å². The molecule has 2 aromatic rings. The van der Waals surface area contributed by atoms with E-state index in [4.69, 9.17) is 23.7 Å². The zero-order valence-corrected chi connectivity index (χ0v) is 32.4. The van der Waals surface area contributed by atoms with Crippen LogP contribution >= 0.6 is 0 Å². The average molecular weight is 799 g/mol. The topological polar surface area (TPSA) is 233 Å². The molecule has 2 saturated heterocycles. The SMILES string of the molecule is C=C(CC[C@@]12O[C@H](C(=O)O)[C@@](O)(C(=O)O)[C@@](C(=O)O)(O1)[C@H](OC(=O)CCCCCCCCCCOc1ccccc1)[C@H]2O)C(OC(C)=O)C(C)Cc1ccccc1. The molecule has 312 valence electrons. The number of carboxylic acid groups (broad SMARTS) is 3. The quantitative estimate of drug-likeness (QED) is 0.0543. The van der Waals surface area contributed by atoms with Crippen molar-refractivity contribution >= 4 is 29.8 Å². The normalized spacial score (nSPS) is 26.1. The number of hydrogen-bond acceptors (Lipinski definition) is 12. The van der Waals surface area contributed by atoms with Gasteiger partial charge in [0.2, 0.25) is 23.1 Å². The Morgan fingerprint density at radius 3 is 1.96 bits per heavy atom. The lowest BCUT2D eigenvalue weighted by Crippen LogP contribution is -2.78. The molecule has 0 spiro atoms. The predicted molar refractivity (Wildman–Crippen MR) is 202 cm³/mol. The van der Waals surface area contributed by atoms with Gasteiger partial charge in [0.15, 0.2) is 6.10 Å². The third-order valence-electron chi connectivity index (χ3n) is 10.6. The molecule has 2 bridgehead atoms. The number of hydrogen-bond donors (Lipinski definition) is 5. The molecule has 15 nitrogen and oxygen atoms in total. The first-order valence-corrected chi connectivity index (χ1v) is 19.3. The van der Waals surface area contributed by atoms with Gasteiger partial charge in [0, 0.05) is 25.7 Å². The van der Waals surface area contributed by atoms with Crippen LogP contribution in [0.1, 0.15) is 90.0 Å².